The molecule has 0 aliphatic heterocycles. The summed E-state index contributed by atoms with van der Waals surface area (Å²) in [6.45, 7) is 0.00816. The van der Waals surface area contributed by atoms with Gasteiger partial charge in [-0.15, -0.1) is 0 Å². The molecule has 0 atom stereocenters. The fourth-order valence-corrected chi connectivity index (χ4v) is 1.87. The second kappa shape index (κ2) is 5.36. The summed E-state index contributed by atoms with van der Waals surface area (Å²) in [5.41, 5.74) is -0.862. The van der Waals surface area contributed by atoms with E-state index < -0.39 is 22.9 Å². The van der Waals surface area contributed by atoms with Gasteiger partial charge < -0.3 is 0 Å². The average Bonchev–Trinajstić information content (AvgIpc) is 2.25. The highest BCUT2D eigenvalue weighted by Gasteiger charge is 2.05. The van der Waals surface area contributed by atoms with Crippen molar-refractivity contribution in [1.82, 2.24) is 9.55 Å². The molecular weight excluding hydrogens is 278 g/mol. The SMILES string of the molecule is O=c1cc(Cl)[nH]c(=O)n1CCc1cc(F)cc(F)c1. The van der Waals surface area contributed by atoms with Crippen LogP contribution in [-0.4, -0.2) is 9.55 Å². The van der Waals surface area contributed by atoms with Gasteiger partial charge in [-0.2, -0.15) is 0 Å². The van der Waals surface area contributed by atoms with E-state index in [1.54, 1.807) is 0 Å². The zero-order valence-electron chi connectivity index (χ0n) is 9.62. The number of benzene rings is 1. The van der Waals surface area contributed by atoms with Crippen LogP contribution < -0.4 is 11.2 Å². The van der Waals surface area contributed by atoms with Gasteiger partial charge in [-0.3, -0.25) is 14.3 Å². The number of aromatic amines is 1. The highest BCUT2D eigenvalue weighted by Crippen LogP contribution is 2.08. The predicted molar refractivity (Wildman–Crippen MR) is 66.4 cm³/mol. The number of hydrogen-bond acceptors (Lipinski definition) is 2. The Kier molecular flexibility index (Phi) is 3.80. The summed E-state index contributed by atoms with van der Waals surface area (Å²) in [4.78, 5) is 25.3. The summed E-state index contributed by atoms with van der Waals surface area (Å²) in [7, 11) is 0. The lowest BCUT2D eigenvalue weighted by atomic mass is 10.1. The number of H-pyrrole nitrogens is 1. The van der Waals surface area contributed by atoms with Crippen molar-refractivity contribution < 1.29 is 8.78 Å². The third kappa shape index (κ3) is 3.29. The zero-order chi connectivity index (χ0) is 14.0. The predicted octanol–water partition coefficient (Wildman–Crippen LogP) is 1.71. The highest BCUT2D eigenvalue weighted by molar-refractivity contribution is 6.29. The van der Waals surface area contributed by atoms with Gasteiger partial charge in [-0.25, -0.2) is 13.6 Å². The lowest BCUT2D eigenvalue weighted by Gasteiger charge is -2.05. The van der Waals surface area contributed by atoms with Crippen molar-refractivity contribution in [3.63, 3.8) is 0 Å². The van der Waals surface area contributed by atoms with E-state index in [1.165, 1.54) is 0 Å². The summed E-state index contributed by atoms with van der Waals surface area (Å²) in [6, 6.07) is 4.12. The summed E-state index contributed by atoms with van der Waals surface area (Å²) >= 11 is 5.51. The fraction of sp³-hybridized carbons (Fsp3) is 0.167. The minimum Gasteiger partial charge on any atom is -0.298 e. The van der Waals surface area contributed by atoms with Crippen LogP contribution in [0.5, 0.6) is 0 Å². The number of nitrogens with one attached hydrogen (secondary N) is 1. The topological polar surface area (TPSA) is 54.9 Å². The van der Waals surface area contributed by atoms with Crippen LogP contribution >= 0.6 is 11.6 Å². The standard InChI is InChI=1S/C12H9ClF2N2O2/c13-10-6-11(18)17(12(19)16-10)2-1-7-3-8(14)5-9(15)4-7/h3-6H,1-2H2,(H,16,19). The van der Waals surface area contributed by atoms with E-state index >= 15 is 0 Å². The van der Waals surface area contributed by atoms with E-state index in [0.29, 0.717) is 5.56 Å². The number of hydrogen-bond donors (Lipinski definition) is 1. The van der Waals surface area contributed by atoms with Crippen LogP contribution in [0.4, 0.5) is 8.78 Å². The Morgan fingerprint density at radius 2 is 1.74 bits per heavy atom. The second-order valence-electron chi connectivity index (χ2n) is 3.94. The number of halogens is 3. The largest absolute Gasteiger partial charge is 0.329 e. The summed E-state index contributed by atoms with van der Waals surface area (Å²) in [6.07, 6.45) is 0.152. The Morgan fingerprint density at radius 1 is 1.11 bits per heavy atom. The van der Waals surface area contributed by atoms with Crippen molar-refractivity contribution in [1.29, 1.82) is 0 Å². The minimum atomic E-state index is -0.702. The first-order valence-electron chi connectivity index (χ1n) is 5.40. The summed E-state index contributed by atoms with van der Waals surface area (Å²) < 4.78 is 26.9. The monoisotopic (exact) mass is 286 g/mol. The molecule has 7 heteroatoms. The van der Waals surface area contributed by atoms with Crippen molar-refractivity contribution in [3.8, 4) is 0 Å². The maximum Gasteiger partial charge on any atom is 0.329 e. The molecule has 0 bridgehead atoms. The van der Waals surface area contributed by atoms with Crippen LogP contribution in [0.25, 0.3) is 0 Å². The van der Waals surface area contributed by atoms with E-state index in [9.17, 15) is 18.4 Å². The summed E-state index contributed by atoms with van der Waals surface area (Å²) in [5.74, 6) is -1.40. The molecule has 0 aliphatic rings. The lowest BCUT2D eigenvalue weighted by molar-refractivity contribution is 0.573. The third-order valence-electron chi connectivity index (χ3n) is 2.53. The molecular formula is C12H9ClF2N2O2. The van der Waals surface area contributed by atoms with E-state index in [2.05, 4.69) is 4.98 Å². The fourth-order valence-electron chi connectivity index (χ4n) is 1.70. The van der Waals surface area contributed by atoms with Crippen molar-refractivity contribution in [2.24, 2.45) is 0 Å². The van der Waals surface area contributed by atoms with Crippen LogP contribution in [-0.2, 0) is 13.0 Å². The third-order valence-corrected chi connectivity index (χ3v) is 2.74. The molecule has 0 saturated carbocycles. The molecule has 0 spiro atoms. The first kappa shape index (κ1) is 13.5. The quantitative estimate of drug-likeness (QED) is 0.874. The normalized spacial score (nSPS) is 10.7. The molecule has 0 radical (unpaired) electrons. The summed E-state index contributed by atoms with van der Waals surface area (Å²) in [5, 5.41) is -0.0527. The smallest absolute Gasteiger partial charge is 0.298 e. The zero-order valence-corrected chi connectivity index (χ0v) is 10.4. The van der Waals surface area contributed by atoms with Crippen LogP contribution in [0.3, 0.4) is 0 Å². The number of aromatic nitrogens is 2. The van der Waals surface area contributed by atoms with E-state index in [0.717, 1.165) is 28.8 Å². The molecule has 1 heterocycles. The van der Waals surface area contributed by atoms with Crippen LogP contribution in [0.1, 0.15) is 5.56 Å². The number of nitrogens with zero attached hydrogens (tertiary/aromatic N) is 1. The van der Waals surface area contributed by atoms with E-state index in [1.807, 2.05) is 0 Å². The minimum absolute atomic E-state index is 0.00816. The number of rotatable bonds is 3. The van der Waals surface area contributed by atoms with Crippen LogP contribution in [0.15, 0.2) is 33.9 Å². The Balaban J connectivity index is 2.24. The Bertz CT molecular complexity index is 673. The van der Waals surface area contributed by atoms with Crippen molar-refractivity contribution >= 4 is 11.6 Å². The Labute approximate surface area is 111 Å². The maximum atomic E-state index is 13.0. The molecule has 1 aromatic heterocycles. The first-order chi connectivity index (χ1) is 8.95. The van der Waals surface area contributed by atoms with Gasteiger partial charge in [0.15, 0.2) is 0 Å². The van der Waals surface area contributed by atoms with Gasteiger partial charge in [0, 0.05) is 18.7 Å². The van der Waals surface area contributed by atoms with Gasteiger partial charge in [0.05, 0.1) is 0 Å². The van der Waals surface area contributed by atoms with Crippen molar-refractivity contribution in [3.05, 3.63) is 67.5 Å². The molecule has 0 unspecified atom stereocenters. The van der Waals surface area contributed by atoms with E-state index in [4.69, 9.17) is 11.6 Å². The highest BCUT2D eigenvalue weighted by atomic mass is 35.5. The lowest BCUT2D eigenvalue weighted by Crippen LogP contribution is -2.35. The maximum absolute atomic E-state index is 13.0. The molecule has 1 aromatic carbocycles. The Morgan fingerprint density at radius 3 is 2.32 bits per heavy atom. The molecule has 4 nitrogen and oxygen atoms in total. The molecule has 0 saturated heterocycles. The van der Waals surface area contributed by atoms with Gasteiger partial charge in [0.1, 0.15) is 16.8 Å². The van der Waals surface area contributed by atoms with Gasteiger partial charge in [-0.1, -0.05) is 11.6 Å². The molecule has 0 amide bonds. The molecule has 2 aromatic rings. The molecule has 1 N–H and O–H groups in total. The van der Waals surface area contributed by atoms with Crippen molar-refractivity contribution in [2.45, 2.75) is 13.0 Å². The molecule has 0 aliphatic carbocycles. The van der Waals surface area contributed by atoms with Gasteiger partial charge in [-0.05, 0) is 24.1 Å². The van der Waals surface area contributed by atoms with Gasteiger partial charge >= 0.3 is 5.69 Å². The van der Waals surface area contributed by atoms with Crippen molar-refractivity contribution in [2.75, 3.05) is 0 Å². The number of aryl methyl sites for hydroxylation is 1. The van der Waals surface area contributed by atoms with Gasteiger partial charge in [0.25, 0.3) is 5.56 Å². The Hall–Kier alpha value is -1.95. The van der Waals surface area contributed by atoms with Gasteiger partial charge in [0.2, 0.25) is 0 Å². The average molecular weight is 287 g/mol. The molecule has 2 rings (SSSR count). The second-order valence-corrected chi connectivity index (χ2v) is 4.35. The first-order valence-corrected chi connectivity index (χ1v) is 5.78. The molecule has 19 heavy (non-hydrogen) atoms. The molecule has 0 fully saturated rings. The van der Waals surface area contributed by atoms with Crippen LogP contribution in [0.2, 0.25) is 5.15 Å². The molecule has 100 valence electrons. The van der Waals surface area contributed by atoms with E-state index in [-0.39, 0.29) is 18.1 Å². The van der Waals surface area contributed by atoms with Crippen LogP contribution in [0, 0.1) is 11.6 Å².